The van der Waals surface area contributed by atoms with Crippen LogP contribution in [-0.2, 0) is 47.2 Å². The van der Waals surface area contributed by atoms with E-state index in [4.69, 9.17) is 47.4 Å². The Morgan fingerprint density at radius 3 is 1.51 bits per heavy atom. The van der Waals surface area contributed by atoms with Crippen molar-refractivity contribution >= 4 is 67.1 Å². The van der Waals surface area contributed by atoms with Gasteiger partial charge in [0.15, 0.2) is 33.9 Å². The number of nitrogens with one attached hydrogen (secondary N) is 1. The Balaban J connectivity index is 0.00000111. The summed E-state index contributed by atoms with van der Waals surface area (Å²) in [6.45, 7) is 17.9. The van der Waals surface area contributed by atoms with Crippen molar-refractivity contribution in [2.24, 2.45) is 0 Å². The summed E-state index contributed by atoms with van der Waals surface area (Å²) in [7, 11) is 0. The van der Waals surface area contributed by atoms with Gasteiger partial charge in [0.1, 0.15) is 11.5 Å². The third kappa shape index (κ3) is 20.6. The van der Waals surface area contributed by atoms with Gasteiger partial charge in [-0.15, -0.1) is 0 Å². The van der Waals surface area contributed by atoms with E-state index in [1.54, 1.807) is 6.07 Å². The van der Waals surface area contributed by atoms with Crippen LogP contribution >= 0.6 is 15.9 Å². The maximum Gasteiger partial charge on any atom is 1.00 e. The van der Waals surface area contributed by atoms with Crippen LogP contribution in [0.15, 0.2) is 69.7 Å². The number of nitrogen functional groups attached to an aromatic ring is 1. The molecule has 6 rings (SSSR count). The van der Waals surface area contributed by atoms with Crippen molar-refractivity contribution in [3.8, 4) is 11.5 Å². The third-order valence-electron chi connectivity index (χ3n) is 9.29. The van der Waals surface area contributed by atoms with Crippen molar-refractivity contribution in [2.75, 3.05) is 36.1 Å². The van der Waals surface area contributed by atoms with Crippen molar-refractivity contribution < 1.29 is 225 Å². The van der Waals surface area contributed by atoms with Gasteiger partial charge in [0.25, 0.3) is 6.47 Å². The van der Waals surface area contributed by atoms with Crippen molar-refractivity contribution in [3.63, 3.8) is 0 Å². The Labute approximate surface area is 536 Å². The number of aromatic nitrogens is 2. The topological polar surface area (TPSA) is 167 Å². The van der Waals surface area contributed by atoms with E-state index < -0.39 is 58.6 Å². The van der Waals surface area contributed by atoms with Gasteiger partial charge in [-0.1, -0.05) is 65.1 Å². The molecule has 13 nitrogen and oxygen atoms in total. The second-order valence-corrected chi connectivity index (χ2v) is 15.1. The van der Waals surface area contributed by atoms with Crippen molar-refractivity contribution in [1.82, 2.24) is 10.3 Å². The number of rotatable bonds is 15. The number of aryl methyl sites for hydroxylation is 2. The molecular formula is C45H41BrCs2F12N6O7. The Kier molecular flexibility index (Phi) is 29.9. The molecule has 0 saturated heterocycles. The predicted octanol–water partition coefficient (Wildman–Crippen LogP) is 7.61. The van der Waals surface area contributed by atoms with E-state index in [0.717, 1.165) is 42.4 Å². The van der Waals surface area contributed by atoms with Gasteiger partial charge >= 0.3 is 162 Å². The summed E-state index contributed by atoms with van der Waals surface area (Å²) in [6.07, 6.45) is -14.7. The van der Waals surface area contributed by atoms with Gasteiger partial charge in [0.2, 0.25) is 0 Å². The number of hydrogen-bond donors (Lipinski definition) is 2. The fourth-order valence-corrected chi connectivity index (χ4v) is 6.54. The van der Waals surface area contributed by atoms with Crippen LogP contribution in [0.25, 0.3) is 31.6 Å². The standard InChI is InChI=1S/C22H19F6N3O2.C14H15BrF3NO2.C8H5F3N2.CH2O3.2Cs.H/c1-3-5-14-18(9-7-15-19(14)33-31-20(15)22(26,27)28)32-11-4-10-30-13-6-8-17(29-2)16(12-13)21(23,24)25;1-2-4-9-11(20-8-3-7-15)6-5-10-12(9)21-19-13(10)14(16,17)18;1-13-7-3-2-5(12)4-6(7)8(9,10)11;2-1-4-3;;;/h6-9,12,30H,3-5,10-11H2,1H3;5-6H,2-4,7-8H2,1H3;2-4H,12H2;1,3H;;;/q;;;;2*+1;-1/p-1. The molecule has 386 valence electrons. The van der Waals surface area contributed by atoms with Crippen LogP contribution in [0.3, 0.4) is 0 Å². The first-order valence-corrected chi connectivity index (χ1v) is 21.7. The van der Waals surface area contributed by atoms with E-state index >= 15 is 0 Å². The summed E-state index contributed by atoms with van der Waals surface area (Å²) in [5, 5.41) is 18.3. The zero-order chi connectivity index (χ0) is 53.2. The van der Waals surface area contributed by atoms with Crippen LogP contribution in [0.2, 0.25) is 0 Å². The minimum Gasteiger partial charge on any atom is -1.00 e. The molecule has 0 saturated carbocycles. The van der Waals surface area contributed by atoms with Gasteiger partial charge in [-0.2, -0.15) is 52.7 Å². The summed E-state index contributed by atoms with van der Waals surface area (Å²) < 4.78 is 175. The largest absolute Gasteiger partial charge is 1.00 e. The van der Waals surface area contributed by atoms with E-state index in [2.05, 4.69) is 46.1 Å². The number of anilines is 2. The number of nitrogens with zero attached hydrogens (tertiary/aromatic N) is 4. The van der Waals surface area contributed by atoms with Gasteiger partial charge in [0.05, 0.1) is 48.3 Å². The molecule has 0 radical (unpaired) electrons. The summed E-state index contributed by atoms with van der Waals surface area (Å²) in [5.74, 6) is 0.935. The Morgan fingerprint density at radius 1 is 0.699 bits per heavy atom. The van der Waals surface area contributed by atoms with E-state index in [-0.39, 0.29) is 192 Å². The van der Waals surface area contributed by atoms with E-state index in [0.29, 0.717) is 54.9 Å². The molecule has 0 fully saturated rings. The zero-order valence-corrected chi connectivity index (χ0v) is 53.2. The van der Waals surface area contributed by atoms with Crippen LogP contribution in [0.4, 0.5) is 75.4 Å². The monoisotopic (exact) mass is 1350 g/mol. The molecule has 2 heterocycles. The first kappa shape index (κ1) is 68.2. The number of fused-ring (bicyclic) bond motifs is 2. The van der Waals surface area contributed by atoms with E-state index in [1.807, 2.05) is 13.8 Å². The smallest absolute Gasteiger partial charge is 1.00 e. The molecule has 0 bridgehead atoms. The minimum absolute atomic E-state index is 0. The molecule has 6 aromatic rings. The number of hydrogen-bond acceptors (Lipinski definition) is 11. The summed E-state index contributed by atoms with van der Waals surface area (Å²) in [6, 6.07) is 12.1. The van der Waals surface area contributed by atoms with Crippen LogP contribution < -0.4 is 164 Å². The number of halogens is 13. The molecule has 4 aromatic carbocycles. The molecule has 0 atom stereocenters. The maximum atomic E-state index is 13.1. The van der Waals surface area contributed by atoms with Crippen LogP contribution in [0.5, 0.6) is 11.5 Å². The molecule has 2 aromatic heterocycles. The Bertz CT molecular complexity index is 2780. The van der Waals surface area contributed by atoms with E-state index in [1.165, 1.54) is 30.3 Å². The number of nitrogens with two attached hydrogens (primary N) is 1. The molecule has 0 spiro atoms. The average molecular weight is 1350 g/mol. The number of carbonyl (C=O) groups is 1. The molecular weight excluding hydrogens is 1310 g/mol. The zero-order valence-electron chi connectivity index (χ0n) is 40.1. The van der Waals surface area contributed by atoms with Gasteiger partial charge in [-0.05, 0) is 74.2 Å². The van der Waals surface area contributed by atoms with Gasteiger partial charge in [0, 0.05) is 34.4 Å². The summed E-state index contributed by atoms with van der Waals surface area (Å²) in [4.78, 5) is 16.9. The molecule has 0 aliphatic heterocycles. The summed E-state index contributed by atoms with van der Waals surface area (Å²) in [5.41, 5.74) is 1.74. The first-order valence-electron chi connectivity index (χ1n) is 20.6. The SMILES string of the molecule is CCCc1c(OCCCBr)ccc2c(C(F)(F)F)noc12.O=CO[O-].[C-]#[N+]c1ccc(N)cc1C(F)(F)F.[C-]#[N+]c1ccc(NCCCOc2ccc3c(C(F)(F)F)noc3c2CCC)cc1C(F)(F)F.[Cs+].[Cs+].[H-]. The summed E-state index contributed by atoms with van der Waals surface area (Å²) >= 11 is 3.30. The second-order valence-electron chi connectivity index (χ2n) is 14.3. The average Bonchev–Trinajstić information content (AvgIpc) is 3.97. The molecule has 28 heteroatoms. The van der Waals surface area contributed by atoms with Crippen molar-refractivity contribution in [2.45, 2.75) is 77.1 Å². The molecule has 0 aliphatic rings. The van der Waals surface area contributed by atoms with Crippen LogP contribution in [0, 0.1) is 13.1 Å². The van der Waals surface area contributed by atoms with Crippen molar-refractivity contribution in [1.29, 1.82) is 0 Å². The number of alkyl halides is 13. The van der Waals surface area contributed by atoms with E-state index in [9.17, 15) is 52.7 Å². The molecule has 0 amide bonds. The number of carbonyl (C=O) groups excluding carboxylic acids is 1. The van der Waals surface area contributed by atoms with Crippen LogP contribution in [0.1, 0.15) is 74.6 Å². The maximum absolute atomic E-state index is 13.1. The number of ether oxygens (including phenoxy) is 2. The van der Waals surface area contributed by atoms with Gasteiger partial charge in [-0.3, -0.25) is 4.79 Å². The number of benzene rings is 4. The predicted molar refractivity (Wildman–Crippen MR) is 237 cm³/mol. The fourth-order valence-electron chi connectivity index (χ4n) is 6.31. The normalized spacial score (nSPS) is 11.2. The van der Waals surface area contributed by atoms with Gasteiger partial charge < -0.3 is 41.1 Å². The Morgan fingerprint density at radius 2 is 1.12 bits per heavy atom. The Hall–Kier alpha value is -2.83. The van der Waals surface area contributed by atoms with Gasteiger partial charge in [-0.25, -0.2) is 9.69 Å². The molecule has 0 unspecified atom stereocenters. The quantitative estimate of drug-likeness (QED) is 0.0152. The molecule has 0 aliphatic carbocycles. The fraction of sp³-hybridized carbons (Fsp3) is 0.356. The van der Waals surface area contributed by atoms with Crippen molar-refractivity contribution in [3.05, 3.63) is 117 Å². The molecule has 3 N–H and O–H groups in total. The molecule has 73 heavy (non-hydrogen) atoms. The second kappa shape index (κ2) is 32.0. The third-order valence-corrected chi connectivity index (χ3v) is 9.85. The first-order chi connectivity index (χ1) is 33.4. The van der Waals surface area contributed by atoms with Crippen LogP contribution in [-0.4, -0.2) is 41.9 Å². The minimum atomic E-state index is -4.64.